The number of nitrogens with one attached hydrogen (secondary N) is 1. The van der Waals surface area contributed by atoms with Gasteiger partial charge in [-0.05, 0) is 61.9 Å². The van der Waals surface area contributed by atoms with Gasteiger partial charge in [0, 0.05) is 11.3 Å². The van der Waals surface area contributed by atoms with Gasteiger partial charge in [-0.2, -0.15) is 0 Å². The number of aromatic nitrogens is 1. The van der Waals surface area contributed by atoms with Crippen LogP contribution in [0.25, 0.3) is 20.8 Å². The Morgan fingerprint density at radius 2 is 1.67 bits per heavy atom. The van der Waals surface area contributed by atoms with E-state index in [1.807, 2.05) is 49.4 Å². The van der Waals surface area contributed by atoms with Gasteiger partial charge in [0.15, 0.2) is 0 Å². The van der Waals surface area contributed by atoms with Crippen LogP contribution < -0.4 is 4.72 Å². The summed E-state index contributed by atoms with van der Waals surface area (Å²) < 4.78 is 29.2. The third kappa shape index (κ3) is 3.59. The zero-order valence-corrected chi connectivity index (χ0v) is 16.6. The molecule has 0 saturated heterocycles. The number of rotatable bonds is 4. The number of anilines is 1. The molecule has 0 aliphatic rings. The first kappa shape index (κ1) is 17.7. The molecule has 1 heterocycles. The Bertz CT molecular complexity index is 1190. The first-order valence-electron chi connectivity index (χ1n) is 8.48. The lowest BCUT2D eigenvalue weighted by Gasteiger charge is -2.11. The van der Waals surface area contributed by atoms with Crippen LogP contribution in [0.5, 0.6) is 0 Å². The summed E-state index contributed by atoms with van der Waals surface area (Å²) in [6.45, 7) is 3.75. The van der Waals surface area contributed by atoms with E-state index >= 15 is 0 Å². The van der Waals surface area contributed by atoms with E-state index in [1.54, 1.807) is 42.5 Å². The summed E-state index contributed by atoms with van der Waals surface area (Å²) in [5.74, 6) is 0. The molecule has 27 heavy (non-hydrogen) atoms. The lowest BCUT2D eigenvalue weighted by Crippen LogP contribution is -2.14. The van der Waals surface area contributed by atoms with Gasteiger partial charge >= 0.3 is 0 Å². The highest BCUT2D eigenvalue weighted by molar-refractivity contribution is 7.92. The molecule has 1 aromatic heterocycles. The van der Waals surface area contributed by atoms with Crippen molar-refractivity contribution in [3.8, 4) is 10.6 Å². The number of sulfonamides is 1. The molecule has 0 spiro atoms. The zero-order valence-electron chi connectivity index (χ0n) is 14.9. The summed E-state index contributed by atoms with van der Waals surface area (Å²) in [4.78, 5) is 4.93. The molecule has 0 aliphatic carbocycles. The molecule has 0 bridgehead atoms. The Labute approximate surface area is 162 Å². The third-order valence-electron chi connectivity index (χ3n) is 4.30. The van der Waals surface area contributed by atoms with E-state index in [2.05, 4.69) is 9.71 Å². The van der Waals surface area contributed by atoms with Crippen molar-refractivity contribution in [3.05, 3.63) is 77.9 Å². The van der Waals surface area contributed by atoms with Crippen LogP contribution in [0.1, 0.15) is 11.1 Å². The second kappa shape index (κ2) is 6.79. The average Bonchev–Trinajstić information content (AvgIpc) is 3.05. The summed E-state index contributed by atoms with van der Waals surface area (Å²) in [6.07, 6.45) is 0. The minimum absolute atomic E-state index is 0.295. The number of hydrogen-bond acceptors (Lipinski definition) is 4. The Hall–Kier alpha value is -2.70. The lowest BCUT2D eigenvalue weighted by molar-refractivity contribution is 0.600. The largest absolute Gasteiger partial charge is 0.280 e. The van der Waals surface area contributed by atoms with Gasteiger partial charge in [0.1, 0.15) is 5.01 Å². The molecule has 0 saturated carbocycles. The van der Waals surface area contributed by atoms with Crippen LogP contribution in [0.4, 0.5) is 5.69 Å². The maximum atomic E-state index is 12.7. The van der Waals surface area contributed by atoms with E-state index in [-0.39, 0.29) is 0 Å². The summed E-state index contributed by atoms with van der Waals surface area (Å²) in [5.41, 5.74) is 4.22. The topological polar surface area (TPSA) is 59.1 Å². The fourth-order valence-electron chi connectivity index (χ4n) is 2.99. The van der Waals surface area contributed by atoms with Crippen LogP contribution >= 0.6 is 11.3 Å². The highest BCUT2D eigenvalue weighted by Crippen LogP contribution is 2.31. The number of para-hydroxylation sites is 1. The van der Waals surface area contributed by atoms with Crippen molar-refractivity contribution in [2.24, 2.45) is 0 Å². The minimum Gasteiger partial charge on any atom is -0.280 e. The zero-order chi connectivity index (χ0) is 19.0. The smallest absolute Gasteiger partial charge is 0.262 e. The molecule has 0 amide bonds. The Morgan fingerprint density at radius 1 is 0.926 bits per heavy atom. The van der Waals surface area contributed by atoms with Gasteiger partial charge in [-0.1, -0.05) is 29.8 Å². The average molecular weight is 395 g/mol. The van der Waals surface area contributed by atoms with Crippen LogP contribution in [0, 0.1) is 13.8 Å². The van der Waals surface area contributed by atoms with Gasteiger partial charge in [-0.25, -0.2) is 13.4 Å². The van der Waals surface area contributed by atoms with Crippen molar-refractivity contribution < 1.29 is 8.42 Å². The van der Waals surface area contributed by atoms with Crippen LogP contribution in [-0.2, 0) is 10.0 Å². The molecule has 0 radical (unpaired) electrons. The minimum atomic E-state index is -3.62. The fourth-order valence-corrected chi connectivity index (χ4v) is 5.24. The number of hydrogen-bond donors (Lipinski definition) is 1. The van der Waals surface area contributed by atoms with E-state index in [4.69, 9.17) is 0 Å². The van der Waals surface area contributed by atoms with Crippen LogP contribution in [-0.4, -0.2) is 13.4 Å². The lowest BCUT2D eigenvalue weighted by atomic mass is 10.2. The van der Waals surface area contributed by atoms with Crippen molar-refractivity contribution in [2.75, 3.05) is 4.72 Å². The van der Waals surface area contributed by atoms with Gasteiger partial charge in [-0.3, -0.25) is 4.72 Å². The number of thiazole rings is 1. The van der Waals surface area contributed by atoms with E-state index in [9.17, 15) is 8.42 Å². The van der Waals surface area contributed by atoms with E-state index in [1.165, 1.54) is 0 Å². The molecule has 136 valence electrons. The van der Waals surface area contributed by atoms with E-state index in [0.29, 0.717) is 10.6 Å². The van der Waals surface area contributed by atoms with Gasteiger partial charge in [0.25, 0.3) is 10.0 Å². The Morgan fingerprint density at radius 3 is 2.37 bits per heavy atom. The van der Waals surface area contributed by atoms with Crippen molar-refractivity contribution in [1.82, 2.24) is 4.98 Å². The van der Waals surface area contributed by atoms with E-state index in [0.717, 1.165) is 31.9 Å². The number of fused-ring (bicyclic) bond motifs is 1. The Balaban J connectivity index is 1.60. The Kier molecular flexibility index (Phi) is 4.45. The van der Waals surface area contributed by atoms with Crippen molar-refractivity contribution in [2.45, 2.75) is 18.7 Å². The summed E-state index contributed by atoms with van der Waals surface area (Å²) in [5, 5.41) is 0.917. The van der Waals surface area contributed by atoms with Gasteiger partial charge in [-0.15, -0.1) is 11.3 Å². The van der Waals surface area contributed by atoms with Crippen LogP contribution in [0.3, 0.4) is 0 Å². The second-order valence-electron chi connectivity index (χ2n) is 6.44. The summed E-state index contributed by atoms with van der Waals surface area (Å²) in [7, 11) is -3.62. The molecular formula is C21H18N2O2S2. The maximum absolute atomic E-state index is 12.7. The van der Waals surface area contributed by atoms with Gasteiger partial charge in [0.05, 0.1) is 15.1 Å². The van der Waals surface area contributed by atoms with Crippen molar-refractivity contribution in [1.29, 1.82) is 0 Å². The monoisotopic (exact) mass is 394 g/mol. The van der Waals surface area contributed by atoms with Crippen molar-refractivity contribution in [3.63, 3.8) is 0 Å². The molecule has 4 nitrogen and oxygen atoms in total. The number of aryl methyl sites for hydroxylation is 2. The SMILES string of the molecule is Cc1ccc(S(=O)(=O)Nc2ccc(-c3nc4ccccc4s3)cc2)c(C)c1. The molecule has 0 fully saturated rings. The number of benzene rings is 3. The number of nitrogens with zero attached hydrogens (tertiary/aromatic N) is 1. The van der Waals surface area contributed by atoms with Crippen LogP contribution in [0.2, 0.25) is 0 Å². The third-order valence-corrected chi connectivity index (χ3v) is 6.92. The molecule has 0 aliphatic heterocycles. The first-order valence-corrected chi connectivity index (χ1v) is 10.8. The highest BCUT2D eigenvalue weighted by Gasteiger charge is 2.17. The first-order chi connectivity index (χ1) is 12.9. The summed E-state index contributed by atoms with van der Waals surface area (Å²) >= 11 is 1.62. The van der Waals surface area contributed by atoms with E-state index < -0.39 is 10.0 Å². The fraction of sp³-hybridized carbons (Fsp3) is 0.0952. The highest BCUT2D eigenvalue weighted by atomic mass is 32.2. The van der Waals surface area contributed by atoms with Gasteiger partial charge in [0.2, 0.25) is 0 Å². The second-order valence-corrected chi connectivity index (χ2v) is 9.12. The quantitative estimate of drug-likeness (QED) is 0.505. The predicted molar refractivity (Wildman–Crippen MR) is 112 cm³/mol. The van der Waals surface area contributed by atoms with Crippen LogP contribution in [0.15, 0.2) is 71.6 Å². The molecular weight excluding hydrogens is 376 g/mol. The molecule has 3 aromatic carbocycles. The van der Waals surface area contributed by atoms with Gasteiger partial charge < -0.3 is 0 Å². The molecule has 4 aromatic rings. The molecule has 0 unspecified atom stereocenters. The van der Waals surface area contributed by atoms with Crippen molar-refractivity contribution >= 4 is 37.3 Å². The maximum Gasteiger partial charge on any atom is 0.262 e. The molecule has 1 N–H and O–H groups in total. The summed E-state index contributed by atoms with van der Waals surface area (Å²) in [6, 6.07) is 20.6. The standard InChI is InChI=1S/C21H18N2O2S2/c1-14-7-12-20(15(2)13-14)27(24,25)23-17-10-8-16(9-11-17)21-22-18-5-3-4-6-19(18)26-21/h3-13,23H,1-2H3. The molecule has 4 rings (SSSR count). The molecule has 6 heteroatoms. The predicted octanol–water partition coefficient (Wildman–Crippen LogP) is 5.38. The molecule has 0 atom stereocenters. The normalized spacial score (nSPS) is 11.6.